The van der Waals surface area contributed by atoms with Gasteiger partial charge in [-0.1, -0.05) is 18.2 Å². The Balaban J connectivity index is 2.27. The lowest BCUT2D eigenvalue weighted by Crippen LogP contribution is -2.24. The third-order valence-electron chi connectivity index (χ3n) is 3.13. The molecule has 1 amide bonds. The molecule has 0 saturated heterocycles. The first-order chi connectivity index (χ1) is 10.0. The lowest BCUT2D eigenvalue weighted by atomic mass is 10.1. The van der Waals surface area contributed by atoms with Crippen LogP contribution in [0.2, 0.25) is 0 Å². The lowest BCUT2D eigenvalue weighted by molar-refractivity contribution is -0.255. The van der Waals surface area contributed by atoms with Gasteiger partial charge in [0.1, 0.15) is 5.75 Å². The van der Waals surface area contributed by atoms with Gasteiger partial charge in [-0.2, -0.15) is 0 Å². The van der Waals surface area contributed by atoms with E-state index < -0.39 is 5.97 Å². The second-order valence-corrected chi connectivity index (χ2v) is 4.45. The molecular weight excluding hydrogens is 270 g/mol. The highest BCUT2D eigenvalue weighted by Crippen LogP contribution is 2.20. The van der Waals surface area contributed by atoms with Gasteiger partial charge in [-0.05, 0) is 36.8 Å². The van der Waals surface area contributed by atoms with Gasteiger partial charge >= 0.3 is 0 Å². The van der Waals surface area contributed by atoms with Gasteiger partial charge in [0.25, 0.3) is 5.91 Å². The summed E-state index contributed by atoms with van der Waals surface area (Å²) in [5, 5.41) is 13.7. The average molecular weight is 284 g/mol. The Bertz CT molecular complexity index is 694. The number of amides is 1. The molecule has 0 radical (unpaired) electrons. The number of hydrogen-bond acceptors (Lipinski definition) is 4. The van der Waals surface area contributed by atoms with Crippen LogP contribution < -0.4 is 15.2 Å². The molecule has 1 N–H and O–H groups in total. The highest BCUT2D eigenvalue weighted by molar-refractivity contribution is 6.05. The summed E-state index contributed by atoms with van der Waals surface area (Å²) in [6.07, 6.45) is 0. The first-order valence-electron chi connectivity index (χ1n) is 6.29. The molecule has 21 heavy (non-hydrogen) atoms. The SMILES string of the molecule is COc1cccc(C(=O)Nc2cccc(C(=O)[O-])c2C)c1. The Morgan fingerprint density at radius 2 is 1.86 bits per heavy atom. The fourth-order valence-corrected chi connectivity index (χ4v) is 1.95. The number of nitrogens with one attached hydrogen (secondary N) is 1. The third kappa shape index (κ3) is 3.20. The van der Waals surface area contributed by atoms with Crippen molar-refractivity contribution in [2.45, 2.75) is 6.92 Å². The number of methoxy groups -OCH3 is 1. The molecule has 2 aromatic rings. The minimum atomic E-state index is -1.27. The monoisotopic (exact) mass is 284 g/mol. The molecule has 2 rings (SSSR count). The number of carboxylic acids is 1. The molecule has 0 spiro atoms. The number of hydrogen-bond donors (Lipinski definition) is 1. The zero-order valence-electron chi connectivity index (χ0n) is 11.7. The Labute approximate surface area is 122 Å². The summed E-state index contributed by atoms with van der Waals surface area (Å²) in [5.41, 5.74) is 1.37. The fourth-order valence-electron chi connectivity index (χ4n) is 1.95. The van der Waals surface area contributed by atoms with Crippen LogP contribution in [0, 0.1) is 6.92 Å². The van der Waals surface area contributed by atoms with E-state index in [2.05, 4.69) is 5.32 Å². The van der Waals surface area contributed by atoms with E-state index >= 15 is 0 Å². The van der Waals surface area contributed by atoms with Crippen molar-refractivity contribution in [1.82, 2.24) is 0 Å². The molecule has 108 valence electrons. The molecule has 0 aliphatic carbocycles. The maximum Gasteiger partial charge on any atom is 0.255 e. The van der Waals surface area contributed by atoms with Crippen molar-refractivity contribution < 1.29 is 19.4 Å². The number of benzene rings is 2. The van der Waals surface area contributed by atoms with Crippen LogP contribution in [-0.4, -0.2) is 19.0 Å². The van der Waals surface area contributed by atoms with Gasteiger partial charge in [0, 0.05) is 16.8 Å². The van der Waals surface area contributed by atoms with Crippen molar-refractivity contribution in [2.75, 3.05) is 12.4 Å². The van der Waals surface area contributed by atoms with Crippen LogP contribution in [0.1, 0.15) is 26.3 Å². The Hall–Kier alpha value is -2.82. The summed E-state index contributed by atoms with van der Waals surface area (Å²) in [6, 6.07) is 11.3. The summed E-state index contributed by atoms with van der Waals surface area (Å²) >= 11 is 0. The summed E-state index contributed by atoms with van der Waals surface area (Å²) in [5.74, 6) is -1.04. The van der Waals surface area contributed by atoms with E-state index in [1.165, 1.54) is 13.2 Å². The first-order valence-corrected chi connectivity index (χ1v) is 6.29. The number of rotatable bonds is 4. The van der Waals surface area contributed by atoms with E-state index in [-0.39, 0.29) is 11.5 Å². The van der Waals surface area contributed by atoms with Crippen molar-refractivity contribution in [3.63, 3.8) is 0 Å². The van der Waals surface area contributed by atoms with Crippen LogP contribution in [-0.2, 0) is 0 Å². The summed E-state index contributed by atoms with van der Waals surface area (Å²) < 4.78 is 5.06. The van der Waals surface area contributed by atoms with Crippen molar-refractivity contribution in [1.29, 1.82) is 0 Å². The first kappa shape index (κ1) is 14.6. The summed E-state index contributed by atoms with van der Waals surface area (Å²) in [4.78, 5) is 23.2. The molecule has 5 heteroatoms. The second-order valence-electron chi connectivity index (χ2n) is 4.45. The number of carboxylic acid groups (broad SMARTS) is 1. The summed E-state index contributed by atoms with van der Waals surface area (Å²) in [6.45, 7) is 1.62. The van der Waals surface area contributed by atoms with E-state index in [0.29, 0.717) is 22.6 Å². The van der Waals surface area contributed by atoms with Gasteiger partial charge in [0.15, 0.2) is 0 Å². The van der Waals surface area contributed by atoms with Gasteiger partial charge in [0.2, 0.25) is 0 Å². The molecule has 0 bridgehead atoms. The molecule has 0 heterocycles. The third-order valence-corrected chi connectivity index (χ3v) is 3.13. The fraction of sp³-hybridized carbons (Fsp3) is 0.125. The van der Waals surface area contributed by atoms with E-state index in [9.17, 15) is 14.7 Å². The van der Waals surface area contributed by atoms with Gasteiger partial charge in [-0.15, -0.1) is 0 Å². The smallest absolute Gasteiger partial charge is 0.255 e. The molecule has 0 atom stereocenters. The molecular formula is C16H14NO4-. The maximum absolute atomic E-state index is 12.2. The van der Waals surface area contributed by atoms with Gasteiger partial charge in [-0.3, -0.25) is 4.79 Å². The maximum atomic E-state index is 12.2. The highest BCUT2D eigenvalue weighted by Gasteiger charge is 2.10. The lowest BCUT2D eigenvalue weighted by Gasteiger charge is -2.13. The van der Waals surface area contributed by atoms with Crippen LogP contribution in [0.3, 0.4) is 0 Å². The highest BCUT2D eigenvalue weighted by atomic mass is 16.5. The van der Waals surface area contributed by atoms with E-state index in [0.717, 1.165) is 0 Å². The topological polar surface area (TPSA) is 78.5 Å². The zero-order chi connectivity index (χ0) is 15.4. The van der Waals surface area contributed by atoms with Crippen LogP contribution in [0.5, 0.6) is 5.75 Å². The van der Waals surface area contributed by atoms with Gasteiger partial charge in [0.05, 0.1) is 13.1 Å². The molecule has 0 saturated carbocycles. The Morgan fingerprint density at radius 1 is 1.14 bits per heavy atom. The molecule has 0 fully saturated rings. The molecule has 2 aromatic carbocycles. The summed E-state index contributed by atoms with van der Waals surface area (Å²) in [7, 11) is 1.52. The van der Waals surface area contributed by atoms with Crippen LogP contribution in [0.15, 0.2) is 42.5 Å². The molecule has 0 aliphatic rings. The molecule has 0 aliphatic heterocycles. The number of anilines is 1. The minimum Gasteiger partial charge on any atom is -0.545 e. The quantitative estimate of drug-likeness (QED) is 0.925. The Morgan fingerprint density at radius 3 is 2.52 bits per heavy atom. The van der Waals surface area contributed by atoms with Crippen LogP contribution in [0.4, 0.5) is 5.69 Å². The van der Waals surface area contributed by atoms with E-state index in [1.54, 1.807) is 43.3 Å². The standard InChI is InChI=1S/C16H15NO4/c1-10-13(16(19)20)7-4-8-14(10)17-15(18)11-5-3-6-12(9-11)21-2/h3-9H,1-2H3,(H,17,18)(H,19,20)/p-1. The molecule has 0 aromatic heterocycles. The van der Waals surface area contributed by atoms with Gasteiger partial charge < -0.3 is 20.0 Å². The molecule has 5 nitrogen and oxygen atoms in total. The zero-order valence-corrected chi connectivity index (χ0v) is 11.7. The molecule has 0 unspecified atom stereocenters. The second kappa shape index (κ2) is 6.09. The van der Waals surface area contributed by atoms with Crippen LogP contribution >= 0.6 is 0 Å². The van der Waals surface area contributed by atoms with Crippen LogP contribution in [0.25, 0.3) is 0 Å². The van der Waals surface area contributed by atoms with E-state index in [1.807, 2.05) is 0 Å². The number of carbonyl (C=O) groups excluding carboxylic acids is 2. The Kier molecular flexibility index (Phi) is 4.23. The average Bonchev–Trinajstić information content (AvgIpc) is 2.49. The van der Waals surface area contributed by atoms with Crippen molar-refractivity contribution in [3.8, 4) is 5.75 Å². The minimum absolute atomic E-state index is 0.0541. The number of carbonyl (C=O) groups is 2. The predicted octanol–water partition coefficient (Wildman–Crippen LogP) is 1.62. The number of aromatic carboxylic acids is 1. The van der Waals surface area contributed by atoms with Crippen molar-refractivity contribution >= 4 is 17.6 Å². The normalized spacial score (nSPS) is 10.0. The van der Waals surface area contributed by atoms with Crippen molar-refractivity contribution in [3.05, 3.63) is 59.2 Å². The van der Waals surface area contributed by atoms with Crippen molar-refractivity contribution in [2.24, 2.45) is 0 Å². The van der Waals surface area contributed by atoms with Gasteiger partial charge in [-0.25, -0.2) is 0 Å². The number of ether oxygens (including phenoxy) is 1. The van der Waals surface area contributed by atoms with E-state index in [4.69, 9.17) is 4.74 Å². The predicted molar refractivity (Wildman–Crippen MR) is 76.5 cm³/mol. The largest absolute Gasteiger partial charge is 0.545 e.